The summed E-state index contributed by atoms with van der Waals surface area (Å²) in [4.78, 5) is 11.9. The van der Waals surface area contributed by atoms with E-state index in [9.17, 15) is 4.79 Å². The first kappa shape index (κ1) is 11.2. The number of rotatable bonds is 4. The van der Waals surface area contributed by atoms with Crippen LogP contribution >= 0.6 is 0 Å². The van der Waals surface area contributed by atoms with Gasteiger partial charge >= 0.3 is 5.97 Å². The number of carbonyl (C=O) groups is 1. The Kier molecular flexibility index (Phi) is 2.99. The lowest BCUT2D eigenvalue weighted by atomic mass is 9.96. The molecule has 0 aliphatic heterocycles. The van der Waals surface area contributed by atoms with Crippen molar-refractivity contribution in [1.82, 2.24) is 0 Å². The van der Waals surface area contributed by atoms with E-state index in [1.165, 1.54) is 5.56 Å². The Labute approximate surface area is 96.6 Å². The topological polar surface area (TPSA) is 26.3 Å². The van der Waals surface area contributed by atoms with Crippen molar-refractivity contribution >= 4 is 5.97 Å². The zero-order valence-electron chi connectivity index (χ0n) is 9.90. The fourth-order valence-corrected chi connectivity index (χ4v) is 2.46. The van der Waals surface area contributed by atoms with Crippen LogP contribution in [-0.4, -0.2) is 12.6 Å². The molecule has 1 aromatic carbocycles. The third kappa shape index (κ3) is 1.73. The highest BCUT2D eigenvalue weighted by atomic mass is 16.5. The maximum atomic E-state index is 11.9. The fourth-order valence-electron chi connectivity index (χ4n) is 2.46. The molecule has 0 radical (unpaired) electrons. The van der Waals surface area contributed by atoms with Crippen molar-refractivity contribution in [2.24, 2.45) is 5.41 Å². The van der Waals surface area contributed by atoms with E-state index in [4.69, 9.17) is 4.74 Å². The first-order chi connectivity index (χ1) is 7.74. The molecular formula is C14H18O2. The third-order valence-electron chi connectivity index (χ3n) is 3.59. The minimum atomic E-state index is -0.239. The molecular weight excluding hydrogens is 200 g/mol. The monoisotopic (exact) mass is 218 g/mol. The predicted molar refractivity (Wildman–Crippen MR) is 63.2 cm³/mol. The van der Waals surface area contributed by atoms with Crippen molar-refractivity contribution in [3.63, 3.8) is 0 Å². The Morgan fingerprint density at radius 3 is 2.62 bits per heavy atom. The summed E-state index contributed by atoms with van der Waals surface area (Å²) >= 11 is 0. The van der Waals surface area contributed by atoms with Crippen LogP contribution in [0, 0.1) is 5.41 Å². The molecule has 1 aliphatic rings. The molecule has 2 rings (SSSR count). The van der Waals surface area contributed by atoms with Crippen LogP contribution in [0.1, 0.15) is 38.2 Å². The van der Waals surface area contributed by atoms with Gasteiger partial charge in [0.2, 0.25) is 0 Å². The highest BCUT2D eigenvalue weighted by Crippen LogP contribution is 2.62. The molecule has 86 valence electrons. The molecule has 1 fully saturated rings. The molecule has 0 amide bonds. The Morgan fingerprint density at radius 1 is 1.38 bits per heavy atom. The second-order valence-electron chi connectivity index (χ2n) is 4.40. The van der Waals surface area contributed by atoms with E-state index in [2.05, 4.69) is 19.1 Å². The maximum Gasteiger partial charge on any atom is 0.312 e. The number of hydrogen-bond acceptors (Lipinski definition) is 2. The average molecular weight is 218 g/mol. The summed E-state index contributed by atoms with van der Waals surface area (Å²) in [5, 5.41) is 0. The molecule has 0 spiro atoms. The molecule has 0 unspecified atom stereocenters. The SMILES string of the molecule is CCOC(=O)[C@@]1(CC)C[C@@H]1c1ccccc1. The van der Waals surface area contributed by atoms with Crippen LogP contribution in [0.25, 0.3) is 0 Å². The van der Waals surface area contributed by atoms with Gasteiger partial charge in [-0.2, -0.15) is 0 Å². The lowest BCUT2D eigenvalue weighted by Gasteiger charge is -2.13. The minimum absolute atomic E-state index is 0.0219. The second-order valence-corrected chi connectivity index (χ2v) is 4.40. The molecule has 0 aromatic heterocycles. The van der Waals surface area contributed by atoms with Gasteiger partial charge in [-0.25, -0.2) is 0 Å². The van der Waals surface area contributed by atoms with Crippen LogP contribution in [0.4, 0.5) is 0 Å². The zero-order chi connectivity index (χ0) is 11.6. The number of esters is 1. The van der Waals surface area contributed by atoms with Crippen molar-refractivity contribution in [2.45, 2.75) is 32.6 Å². The fraction of sp³-hybridized carbons (Fsp3) is 0.500. The van der Waals surface area contributed by atoms with Crippen LogP contribution in [0.5, 0.6) is 0 Å². The van der Waals surface area contributed by atoms with Crippen LogP contribution < -0.4 is 0 Å². The highest BCUT2D eigenvalue weighted by Gasteiger charge is 2.60. The summed E-state index contributed by atoms with van der Waals surface area (Å²) in [6.07, 6.45) is 1.80. The molecule has 0 saturated heterocycles. The molecule has 2 heteroatoms. The Balaban J connectivity index is 2.14. The van der Waals surface area contributed by atoms with Gasteiger partial charge in [-0.05, 0) is 25.3 Å². The van der Waals surface area contributed by atoms with Gasteiger partial charge in [-0.1, -0.05) is 37.3 Å². The van der Waals surface area contributed by atoms with Gasteiger partial charge in [0.25, 0.3) is 0 Å². The van der Waals surface area contributed by atoms with E-state index in [0.717, 1.165) is 12.8 Å². The molecule has 0 N–H and O–H groups in total. The van der Waals surface area contributed by atoms with Crippen molar-refractivity contribution < 1.29 is 9.53 Å². The number of hydrogen-bond donors (Lipinski definition) is 0. The number of benzene rings is 1. The largest absolute Gasteiger partial charge is 0.466 e. The van der Waals surface area contributed by atoms with Gasteiger partial charge in [0, 0.05) is 5.92 Å². The lowest BCUT2D eigenvalue weighted by molar-refractivity contribution is -0.150. The zero-order valence-corrected chi connectivity index (χ0v) is 9.90. The van der Waals surface area contributed by atoms with Crippen LogP contribution in [0.2, 0.25) is 0 Å². The number of ether oxygens (including phenoxy) is 1. The Hall–Kier alpha value is -1.31. The highest BCUT2D eigenvalue weighted by molar-refractivity contribution is 5.82. The smallest absolute Gasteiger partial charge is 0.312 e. The molecule has 16 heavy (non-hydrogen) atoms. The van der Waals surface area contributed by atoms with Gasteiger partial charge in [0.15, 0.2) is 0 Å². The lowest BCUT2D eigenvalue weighted by Crippen LogP contribution is -2.20. The first-order valence-electron chi connectivity index (χ1n) is 5.96. The van der Waals surface area contributed by atoms with Crippen molar-refractivity contribution in [3.8, 4) is 0 Å². The van der Waals surface area contributed by atoms with Crippen LogP contribution in [0.3, 0.4) is 0 Å². The molecule has 2 atom stereocenters. The van der Waals surface area contributed by atoms with E-state index in [1.807, 2.05) is 25.1 Å². The first-order valence-corrected chi connectivity index (χ1v) is 5.96. The van der Waals surface area contributed by atoms with Gasteiger partial charge in [-0.15, -0.1) is 0 Å². The quantitative estimate of drug-likeness (QED) is 0.726. The summed E-state index contributed by atoms with van der Waals surface area (Å²) in [6.45, 7) is 4.41. The summed E-state index contributed by atoms with van der Waals surface area (Å²) in [7, 11) is 0. The maximum absolute atomic E-state index is 11.9. The van der Waals surface area contributed by atoms with Gasteiger partial charge in [0.1, 0.15) is 0 Å². The van der Waals surface area contributed by atoms with E-state index in [0.29, 0.717) is 12.5 Å². The normalized spacial score (nSPS) is 27.5. The Morgan fingerprint density at radius 2 is 2.06 bits per heavy atom. The van der Waals surface area contributed by atoms with Crippen LogP contribution in [-0.2, 0) is 9.53 Å². The van der Waals surface area contributed by atoms with E-state index >= 15 is 0 Å². The summed E-state index contributed by atoms with van der Waals surface area (Å²) in [5.74, 6) is 0.337. The summed E-state index contributed by atoms with van der Waals surface area (Å²) in [5.41, 5.74) is 1.02. The summed E-state index contributed by atoms with van der Waals surface area (Å²) in [6, 6.07) is 10.3. The molecule has 1 aliphatic carbocycles. The van der Waals surface area contributed by atoms with Crippen molar-refractivity contribution in [1.29, 1.82) is 0 Å². The van der Waals surface area contributed by atoms with Gasteiger partial charge in [-0.3, -0.25) is 4.79 Å². The minimum Gasteiger partial charge on any atom is -0.466 e. The van der Waals surface area contributed by atoms with E-state index < -0.39 is 0 Å². The molecule has 1 saturated carbocycles. The predicted octanol–water partition coefficient (Wildman–Crippen LogP) is 3.13. The second kappa shape index (κ2) is 4.28. The summed E-state index contributed by atoms with van der Waals surface area (Å²) < 4.78 is 5.17. The molecule has 2 nitrogen and oxygen atoms in total. The van der Waals surface area contributed by atoms with Gasteiger partial charge in [0.05, 0.1) is 12.0 Å². The van der Waals surface area contributed by atoms with E-state index in [1.54, 1.807) is 0 Å². The standard InChI is InChI=1S/C14H18O2/c1-3-14(13(15)16-4-2)10-12(14)11-8-6-5-7-9-11/h5-9,12H,3-4,10H2,1-2H3/t12-,14+/m1/s1. The van der Waals surface area contributed by atoms with E-state index in [-0.39, 0.29) is 11.4 Å². The molecule has 0 heterocycles. The average Bonchev–Trinajstić information content (AvgIpc) is 3.06. The number of carbonyl (C=O) groups excluding carboxylic acids is 1. The van der Waals surface area contributed by atoms with Crippen molar-refractivity contribution in [2.75, 3.05) is 6.61 Å². The molecule has 0 bridgehead atoms. The Bertz CT molecular complexity index is 372. The third-order valence-corrected chi connectivity index (χ3v) is 3.59. The molecule has 1 aromatic rings. The van der Waals surface area contributed by atoms with Crippen molar-refractivity contribution in [3.05, 3.63) is 35.9 Å². The van der Waals surface area contributed by atoms with Gasteiger partial charge < -0.3 is 4.74 Å². The van der Waals surface area contributed by atoms with Crippen LogP contribution in [0.15, 0.2) is 30.3 Å².